The number of carbonyl (C=O) groups is 1. The summed E-state index contributed by atoms with van der Waals surface area (Å²) in [5, 5.41) is 0. The van der Waals surface area contributed by atoms with Crippen LogP contribution in [0.3, 0.4) is 0 Å². The minimum atomic E-state index is 0.00408. The first kappa shape index (κ1) is 17.5. The molecule has 4 nitrogen and oxygen atoms in total. The van der Waals surface area contributed by atoms with Gasteiger partial charge in [0, 0.05) is 12.2 Å². The highest BCUT2D eigenvalue weighted by atomic mass is 16.5. The van der Waals surface area contributed by atoms with Gasteiger partial charge in [-0.05, 0) is 42.9 Å². The first-order chi connectivity index (χ1) is 12.2. The number of hydrogen-bond donors (Lipinski definition) is 0. The molecule has 3 rings (SSSR count). The van der Waals surface area contributed by atoms with Gasteiger partial charge in [-0.15, -0.1) is 0 Å². The summed E-state index contributed by atoms with van der Waals surface area (Å²) >= 11 is 0. The van der Waals surface area contributed by atoms with Gasteiger partial charge in [0.05, 0.1) is 19.1 Å². The molecule has 0 aromatic heterocycles. The van der Waals surface area contributed by atoms with Crippen LogP contribution in [-0.2, 0) is 4.79 Å². The molecule has 25 heavy (non-hydrogen) atoms. The molecule has 0 spiro atoms. The molecular formula is C21H26N2O2. The summed E-state index contributed by atoms with van der Waals surface area (Å²) in [6, 6.07) is 18.1. The number of β-lactam (4-membered cyclic amide) rings is 1. The molecule has 4 heteroatoms. The lowest BCUT2D eigenvalue weighted by atomic mass is 9.81. The minimum Gasteiger partial charge on any atom is -0.497 e. The Kier molecular flexibility index (Phi) is 5.39. The Bertz CT molecular complexity index is 696. The Hall–Kier alpha value is -2.33. The van der Waals surface area contributed by atoms with Gasteiger partial charge in [-0.25, -0.2) is 0 Å². The second-order valence-corrected chi connectivity index (χ2v) is 6.35. The zero-order chi connectivity index (χ0) is 17.8. The number of methoxy groups -OCH3 is 1. The van der Waals surface area contributed by atoms with Gasteiger partial charge in [0.25, 0.3) is 0 Å². The number of rotatable bonds is 7. The molecule has 1 fully saturated rings. The van der Waals surface area contributed by atoms with E-state index in [2.05, 4.69) is 30.9 Å². The van der Waals surface area contributed by atoms with E-state index in [-0.39, 0.29) is 17.9 Å². The summed E-state index contributed by atoms with van der Waals surface area (Å²) in [7, 11) is 1.65. The van der Waals surface area contributed by atoms with Crippen molar-refractivity contribution in [3.63, 3.8) is 0 Å². The van der Waals surface area contributed by atoms with E-state index in [1.165, 1.54) is 5.56 Å². The zero-order valence-electron chi connectivity index (χ0n) is 15.2. The highest BCUT2D eigenvalue weighted by Crippen LogP contribution is 2.44. The summed E-state index contributed by atoms with van der Waals surface area (Å²) in [6.07, 6.45) is 0. The Morgan fingerprint density at radius 2 is 1.64 bits per heavy atom. The number of ether oxygens (including phenoxy) is 1. The fraction of sp³-hybridized carbons (Fsp3) is 0.381. The number of hydrogen-bond acceptors (Lipinski definition) is 3. The fourth-order valence-electron chi connectivity index (χ4n) is 3.55. The van der Waals surface area contributed by atoms with E-state index in [1.54, 1.807) is 7.11 Å². The summed E-state index contributed by atoms with van der Waals surface area (Å²) in [5.41, 5.74) is 2.12. The van der Waals surface area contributed by atoms with Crippen molar-refractivity contribution in [3.05, 3.63) is 60.2 Å². The van der Waals surface area contributed by atoms with Crippen LogP contribution in [0.5, 0.6) is 5.75 Å². The van der Waals surface area contributed by atoms with Crippen molar-refractivity contribution in [1.82, 2.24) is 4.90 Å². The third kappa shape index (κ3) is 3.40. The molecule has 0 unspecified atom stereocenters. The predicted molar refractivity (Wildman–Crippen MR) is 101 cm³/mol. The maximum absolute atomic E-state index is 12.9. The monoisotopic (exact) mass is 338 g/mol. The van der Waals surface area contributed by atoms with Crippen LogP contribution in [0.2, 0.25) is 0 Å². The third-order valence-corrected chi connectivity index (χ3v) is 5.05. The quantitative estimate of drug-likeness (QED) is 0.721. The van der Waals surface area contributed by atoms with E-state index in [4.69, 9.17) is 4.74 Å². The van der Waals surface area contributed by atoms with Gasteiger partial charge in [0.2, 0.25) is 5.91 Å². The van der Waals surface area contributed by atoms with Gasteiger partial charge < -0.3 is 14.5 Å². The maximum Gasteiger partial charge on any atom is 0.234 e. The number of nitrogens with zero attached hydrogens (tertiary/aromatic N) is 2. The van der Waals surface area contributed by atoms with Crippen LogP contribution in [0, 0.1) is 5.92 Å². The lowest BCUT2D eigenvalue weighted by Crippen LogP contribution is -2.58. The summed E-state index contributed by atoms with van der Waals surface area (Å²) in [4.78, 5) is 17.2. The second-order valence-electron chi connectivity index (χ2n) is 6.35. The zero-order valence-corrected chi connectivity index (χ0v) is 15.2. The number of amides is 1. The van der Waals surface area contributed by atoms with Crippen LogP contribution >= 0.6 is 0 Å². The molecule has 0 bridgehead atoms. The van der Waals surface area contributed by atoms with Gasteiger partial charge >= 0.3 is 0 Å². The van der Waals surface area contributed by atoms with Crippen molar-refractivity contribution in [2.45, 2.75) is 19.9 Å². The minimum absolute atomic E-state index is 0.00408. The van der Waals surface area contributed by atoms with E-state index >= 15 is 0 Å². The van der Waals surface area contributed by atoms with Crippen LogP contribution < -0.4 is 9.64 Å². The van der Waals surface area contributed by atoms with Gasteiger partial charge in [0.1, 0.15) is 5.75 Å². The topological polar surface area (TPSA) is 32.8 Å². The van der Waals surface area contributed by atoms with Crippen molar-refractivity contribution in [2.75, 3.05) is 31.6 Å². The van der Waals surface area contributed by atoms with Crippen LogP contribution in [0.15, 0.2) is 54.6 Å². The van der Waals surface area contributed by atoms with Crippen molar-refractivity contribution in [2.24, 2.45) is 5.92 Å². The lowest BCUT2D eigenvalue weighted by Gasteiger charge is -2.48. The molecule has 2 aromatic rings. The number of anilines is 1. The molecule has 1 heterocycles. The van der Waals surface area contributed by atoms with E-state index in [1.807, 2.05) is 47.4 Å². The Morgan fingerprint density at radius 3 is 2.20 bits per heavy atom. The first-order valence-corrected chi connectivity index (χ1v) is 8.94. The van der Waals surface area contributed by atoms with E-state index in [0.29, 0.717) is 0 Å². The van der Waals surface area contributed by atoms with Crippen molar-refractivity contribution < 1.29 is 9.53 Å². The maximum atomic E-state index is 12.9. The molecule has 0 radical (unpaired) electrons. The molecule has 1 aliphatic heterocycles. The van der Waals surface area contributed by atoms with Crippen LogP contribution in [-0.4, -0.2) is 37.6 Å². The largest absolute Gasteiger partial charge is 0.497 e. The van der Waals surface area contributed by atoms with E-state index in [9.17, 15) is 4.79 Å². The molecule has 0 saturated carbocycles. The smallest absolute Gasteiger partial charge is 0.234 e. The summed E-state index contributed by atoms with van der Waals surface area (Å²) < 4.78 is 5.23. The Balaban J connectivity index is 1.90. The molecule has 2 aromatic carbocycles. The van der Waals surface area contributed by atoms with Crippen LogP contribution in [0.4, 0.5) is 5.69 Å². The van der Waals surface area contributed by atoms with Gasteiger partial charge in [-0.1, -0.05) is 44.2 Å². The van der Waals surface area contributed by atoms with Crippen LogP contribution in [0.1, 0.15) is 25.5 Å². The average molecular weight is 338 g/mol. The third-order valence-electron chi connectivity index (χ3n) is 5.05. The average Bonchev–Trinajstić information content (AvgIpc) is 2.67. The summed E-state index contributed by atoms with van der Waals surface area (Å²) in [6.45, 7) is 7.02. The van der Waals surface area contributed by atoms with Crippen molar-refractivity contribution >= 4 is 11.6 Å². The number of benzene rings is 2. The summed E-state index contributed by atoms with van der Waals surface area (Å²) in [5.74, 6) is 1.00. The van der Waals surface area contributed by atoms with Crippen molar-refractivity contribution in [3.8, 4) is 5.75 Å². The molecule has 1 saturated heterocycles. The normalized spacial score (nSPS) is 19.8. The molecular weight excluding hydrogens is 312 g/mol. The molecule has 1 amide bonds. The first-order valence-electron chi connectivity index (χ1n) is 8.94. The molecule has 132 valence electrons. The standard InChI is InChI=1S/C21H26N2O2/c1-4-22(5-2)15-19-20(16-9-7-6-8-10-16)23(21(19)24)17-11-13-18(25-3)14-12-17/h6-14,19-20H,4-5,15H2,1-3H3/t19-,20+/m1/s1. The Morgan fingerprint density at radius 1 is 1.00 bits per heavy atom. The lowest BCUT2D eigenvalue weighted by molar-refractivity contribution is -0.131. The molecule has 2 atom stereocenters. The molecule has 1 aliphatic rings. The highest BCUT2D eigenvalue weighted by Gasteiger charge is 2.48. The second kappa shape index (κ2) is 7.70. The van der Waals surface area contributed by atoms with Crippen LogP contribution in [0.25, 0.3) is 0 Å². The van der Waals surface area contributed by atoms with Crippen molar-refractivity contribution in [1.29, 1.82) is 0 Å². The number of carbonyl (C=O) groups excluding carboxylic acids is 1. The van der Waals surface area contributed by atoms with E-state index < -0.39 is 0 Å². The van der Waals surface area contributed by atoms with Gasteiger partial charge in [-0.2, -0.15) is 0 Å². The highest BCUT2D eigenvalue weighted by molar-refractivity contribution is 6.03. The molecule has 0 N–H and O–H groups in total. The SMILES string of the molecule is CCN(CC)C[C@H]1C(=O)N(c2ccc(OC)cc2)[C@H]1c1ccccc1. The van der Waals surface area contributed by atoms with Gasteiger partial charge in [-0.3, -0.25) is 4.79 Å². The molecule has 0 aliphatic carbocycles. The predicted octanol–water partition coefficient (Wildman–Crippen LogP) is 3.74. The van der Waals surface area contributed by atoms with E-state index in [0.717, 1.165) is 31.1 Å². The fourth-order valence-corrected chi connectivity index (χ4v) is 3.55. The Labute approximate surface area is 150 Å². The van der Waals surface area contributed by atoms with Gasteiger partial charge in [0.15, 0.2) is 0 Å².